The largest absolute Gasteiger partial charge is 0.465 e. The van der Waals surface area contributed by atoms with E-state index in [0.29, 0.717) is 25.2 Å². The van der Waals surface area contributed by atoms with E-state index in [4.69, 9.17) is 18.8 Å². The van der Waals surface area contributed by atoms with Crippen LogP contribution in [0.5, 0.6) is 0 Å². The van der Waals surface area contributed by atoms with E-state index in [1.54, 1.807) is 0 Å². The summed E-state index contributed by atoms with van der Waals surface area (Å²) >= 11 is 0. The van der Waals surface area contributed by atoms with E-state index in [2.05, 4.69) is 0 Å². The van der Waals surface area contributed by atoms with Crippen molar-refractivity contribution in [3.63, 3.8) is 0 Å². The molecular weight excluding hydrogens is 468 g/mol. The van der Waals surface area contributed by atoms with E-state index in [1.807, 2.05) is 0 Å². The Bertz CT molecular complexity index is 1050. The maximum absolute atomic E-state index is 13.5. The highest BCUT2D eigenvalue weighted by Crippen LogP contribution is 2.62. The summed E-state index contributed by atoms with van der Waals surface area (Å²) in [6.07, 6.45) is 2.63. The second-order valence-corrected chi connectivity index (χ2v) is 12.8. The van der Waals surface area contributed by atoms with Gasteiger partial charge in [-0.25, -0.2) is 0 Å². The molecular formula is C23H28O10S. The Kier molecular flexibility index (Phi) is 4.95. The average molecular weight is 497 g/mol. The molecule has 11 heteroatoms. The van der Waals surface area contributed by atoms with Crippen LogP contribution in [0, 0.1) is 46.8 Å². The molecule has 6 aliphatic carbocycles. The molecule has 1 heterocycles. The highest BCUT2D eigenvalue weighted by atomic mass is 32.2. The van der Waals surface area contributed by atoms with Crippen molar-refractivity contribution >= 4 is 33.8 Å². The molecule has 7 aliphatic rings. The van der Waals surface area contributed by atoms with Crippen molar-refractivity contribution in [1.82, 2.24) is 0 Å². The predicted molar refractivity (Wildman–Crippen MR) is 111 cm³/mol. The molecule has 0 aromatic carbocycles. The van der Waals surface area contributed by atoms with E-state index >= 15 is 0 Å². The predicted octanol–water partition coefficient (Wildman–Crippen LogP) is 0.922. The molecule has 1 N–H and O–H groups in total. The van der Waals surface area contributed by atoms with Gasteiger partial charge in [0.15, 0.2) is 0 Å². The van der Waals surface area contributed by atoms with Crippen molar-refractivity contribution in [2.75, 3.05) is 12.4 Å². The number of hydrogen-bond donors (Lipinski definition) is 1. The molecule has 8 unspecified atom stereocenters. The smallest absolute Gasteiger partial charge is 0.312 e. The monoisotopic (exact) mass is 496 g/mol. The summed E-state index contributed by atoms with van der Waals surface area (Å²) in [5, 5.41) is 0. The normalized spacial score (nSPS) is 45.5. The fraction of sp³-hybridized carbons (Fsp3) is 0.826. The molecule has 34 heavy (non-hydrogen) atoms. The van der Waals surface area contributed by atoms with Crippen LogP contribution in [-0.2, 0) is 43.5 Å². The van der Waals surface area contributed by atoms with Crippen LogP contribution >= 0.6 is 0 Å². The topological polar surface area (TPSA) is 150 Å². The lowest BCUT2D eigenvalue weighted by atomic mass is 9.49. The van der Waals surface area contributed by atoms with Crippen LogP contribution in [0.4, 0.5) is 0 Å². The second kappa shape index (κ2) is 7.49. The lowest BCUT2D eigenvalue weighted by Crippen LogP contribution is -2.56. The SMILES string of the molecule is O=C1C2CC3CC1CC(C(=O)OC1C4CC5C1OC(=O)C5C4C(=O)OCCCS(=O)(=O)O)(C3)C2. The van der Waals surface area contributed by atoms with Gasteiger partial charge < -0.3 is 14.2 Å². The third kappa shape index (κ3) is 3.33. The number of rotatable bonds is 7. The Labute approximate surface area is 196 Å². The summed E-state index contributed by atoms with van der Waals surface area (Å²) in [6, 6.07) is 0. The summed E-state index contributed by atoms with van der Waals surface area (Å²) in [4.78, 5) is 51.4. The Morgan fingerprint density at radius 3 is 2.44 bits per heavy atom. The quantitative estimate of drug-likeness (QED) is 0.233. The van der Waals surface area contributed by atoms with E-state index in [0.717, 1.165) is 19.3 Å². The lowest BCUT2D eigenvalue weighted by Gasteiger charge is -2.54. The zero-order chi connectivity index (χ0) is 24.0. The first-order valence-corrected chi connectivity index (χ1v) is 13.7. The summed E-state index contributed by atoms with van der Waals surface area (Å²) in [6.45, 7) is -0.205. The number of hydrogen-bond acceptors (Lipinski definition) is 9. The van der Waals surface area contributed by atoms with Gasteiger partial charge in [0.2, 0.25) is 0 Å². The van der Waals surface area contributed by atoms with Crippen LogP contribution in [0.2, 0.25) is 0 Å². The first-order chi connectivity index (χ1) is 16.1. The van der Waals surface area contributed by atoms with E-state index in [9.17, 15) is 27.6 Å². The van der Waals surface area contributed by atoms with Crippen LogP contribution in [0.1, 0.15) is 44.9 Å². The molecule has 7 rings (SSSR count). The molecule has 6 bridgehead atoms. The Morgan fingerprint density at radius 1 is 1.06 bits per heavy atom. The minimum absolute atomic E-state index is 0.0632. The van der Waals surface area contributed by atoms with Gasteiger partial charge in [0, 0.05) is 23.7 Å². The number of carbonyl (C=O) groups is 4. The molecule has 8 atom stereocenters. The molecule has 7 fully saturated rings. The van der Waals surface area contributed by atoms with Gasteiger partial charge in [-0.15, -0.1) is 0 Å². The van der Waals surface area contributed by atoms with Gasteiger partial charge in [-0.3, -0.25) is 23.7 Å². The minimum atomic E-state index is -4.16. The molecule has 1 saturated heterocycles. The van der Waals surface area contributed by atoms with Crippen LogP contribution in [0.25, 0.3) is 0 Å². The molecule has 186 valence electrons. The van der Waals surface area contributed by atoms with Crippen molar-refractivity contribution in [2.45, 2.75) is 57.2 Å². The van der Waals surface area contributed by atoms with Crippen LogP contribution in [0.3, 0.4) is 0 Å². The van der Waals surface area contributed by atoms with Crippen molar-refractivity contribution in [3.05, 3.63) is 0 Å². The molecule has 1 aliphatic heterocycles. The molecule has 0 aromatic rings. The molecule has 0 radical (unpaired) electrons. The summed E-state index contributed by atoms with van der Waals surface area (Å²) < 4.78 is 47.4. The third-order valence-electron chi connectivity index (χ3n) is 9.28. The fourth-order valence-electron chi connectivity index (χ4n) is 8.22. The zero-order valence-corrected chi connectivity index (χ0v) is 19.4. The van der Waals surface area contributed by atoms with Gasteiger partial charge >= 0.3 is 17.9 Å². The highest BCUT2D eigenvalue weighted by Gasteiger charge is 2.71. The zero-order valence-electron chi connectivity index (χ0n) is 18.6. The van der Waals surface area contributed by atoms with Crippen LogP contribution in [-0.4, -0.2) is 61.2 Å². The number of esters is 3. The van der Waals surface area contributed by atoms with E-state index < -0.39 is 63.2 Å². The summed E-state index contributed by atoms with van der Waals surface area (Å²) in [7, 11) is -4.16. The molecule has 6 saturated carbocycles. The van der Waals surface area contributed by atoms with Gasteiger partial charge in [-0.2, -0.15) is 8.42 Å². The van der Waals surface area contributed by atoms with E-state index in [1.165, 1.54) is 0 Å². The molecule has 0 spiro atoms. The molecule has 0 aromatic heterocycles. The first kappa shape index (κ1) is 22.5. The summed E-state index contributed by atoms with van der Waals surface area (Å²) in [5.41, 5.74) is -0.667. The molecule has 0 amide bonds. The van der Waals surface area contributed by atoms with Crippen molar-refractivity contribution in [3.8, 4) is 0 Å². The van der Waals surface area contributed by atoms with Crippen molar-refractivity contribution < 1.29 is 46.4 Å². The average Bonchev–Trinajstić information content (AvgIpc) is 3.37. The lowest BCUT2D eigenvalue weighted by molar-refractivity contribution is -0.188. The minimum Gasteiger partial charge on any atom is -0.465 e. The van der Waals surface area contributed by atoms with Gasteiger partial charge in [0.1, 0.15) is 18.0 Å². The second-order valence-electron chi connectivity index (χ2n) is 11.2. The van der Waals surface area contributed by atoms with Crippen LogP contribution < -0.4 is 0 Å². The highest BCUT2D eigenvalue weighted by molar-refractivity contribution is 7.85. The standard InChI is InChI=1S/C23H28O10S/c24-17-11-4-10-5-12(17)9-23(7-10,8-11)22(27)33-19-13-6-14-16(21(26)32-18(14)19)15(13)20(25)31-2-1-3-34(28,29)30/h10-16,18-19H,1-9H2,(H,28,29,30). The third-order valence-corrected chi connectivity index (χ3v) is 10.1. The Balaban J connectivity index is 1.16. The van der Waals surface area contributed by atoms with E-state index in [-0.39, 0.29) is 42.5 Å². The maximum atomic E-state index is 13.5. The summed E-state index contributed by atoms with van der Waals surface area (Å²) in [5.74, 6) is -3.56. The molecule has 10 nitrogen and oxygen atoms in total. The van der Waals surface area contributed by atoms with Gasteiger partial charge in [-0.1, -0.05) is 0 Å². The number of Topliss-reactive ketones (excluding diaryl/α,β-unsaturated/α-hetero) is 1. The van der Waals surface area contributed by atoms with Gasteiger partial charge in [0.25, 0.3) is 10.1 Å². The van der Waals surface area contributed by atoms with Gasteiger partial charge in [0.05, 0.1) is 29.6 Å². The number of carbonyl (C=O) groups excluding carboxylic acids is 4. The Hall–Kier alpha value is -2.01. The van der Waals surface area contributed by atoms with Crippen LogP contribution in [0.15, 0.2) is 0 Å². The van der Waals surface area contributed by atoms with Gasteiger partial charge in [-0.05, 0) is 50.9 Å². The van der Waals surface area contributed by atoms with Crippen molar-refractivity contribution in [2.24, 2.45) is 46.8 Å². The first-order valence-electron chi connectivity index (χ1n) is 12.1. The number of ketones is 1. The number of ether oxygens (including phenoxy) is 3. The maximum Gasteiger partial charge on any atom is 0.312 e. The van der Waals surface area contributed by atoms with Crippen molar-refractivity contribution in [1.29, 1.82) is 0 Å². The number of fused-ring (bicyclic) bond motifs is 1. The fourth-order valence-corrected chi connectivity index (χ4v) is 8.71. The Morgan fingerprint density at radius 2 is 1.76 bits per heavy atom.